The first-order valence-corrected chi connectivity index (χ1v) is 9.73. The van der Waals surface area contributed by atoms with Crippen LogP contribution in [0.2, 0.25) is 0 Å². The molecule has 0 saturated carbocycles. The predicted octanol–water partition coefficient (Wildman–Crippen LogP) is -8.30. The molecule has 0 spiro atoms. The van der Waals surface area contributed by atoms with E-state index in [0.29, 0.717) is 0 Å². The molecule has 1 radical (unpaired) electrons. The molecule has 133 valence electrons. The first kappa shape index (κ1) is 39.0. The van der Waals surface area contributed by atoms with Gasteiger partial charge in [0.25, 0.3) is 0 Å². The molecule has 0 fully saturated rings. The normalized spacial score (nSPS) is 10.4. The van der Waals surface area contributed by atoms with Crippen molar-refractivity contribution in [2.24, 2.45) is 0 Å². The predicted molar refractivity (Wildman–Crippen MR) is 20.4 cm³/mol. The van der Waals surface area contributed by atoms with Crippen LogP contribution in [0.15, 0.2) is 0 Å². The van der Waals surface area contributed by atoms with Gasteiger partial charge in [-0.25, -0.2) is 0 Å². The van der Waals surface area contributed by atoms with Gasteiger partial charge in [0, 0.05) is 0 Å². The molecule has 0 atom stereocenters. The molecule has 0 bridgehead atoms. The van der Waals surface area contributed by atoms with Gasteiger partial charge in [-0.2, -0.15) is 8.42 Å². The van der Waals surface area contributed by atoms with E-state index in [2.05, 4.69) is 0 Å². The molecule has 0 unspecified atom stereocenters. The standard InChI is InChI=1S/K.4Mn.H2O4S.12O/c;;;;;1-5(2,3)4;;;;;;;;;;;;/h;;;;;(H2,1,2,3,4);;;;;;;;;;;;/q+1;;;;+2;;;;;;;;;;;3*-1. The van der Waals surface area contributed by atoms with Crippen molar-refractivity contribution < 1.29 is 172 Å². The molecule has 0 rings (SSSR count). The Balaban J connectivity index is -0.0000000376. The Hall–Kier alpha value is 1.66. The van der Waals surface area contributed by atoms with Gasteiger partial charge in [0.1, 0.15) is 0 Å². The van der Waals surface area contributed by atoms with Crippen LogP contribution in [0.5, 0.6) is 0 Å². The van der Waals surface area contributed by atoms with Crippen molar-refractivity contribution in [1.29, 1.82) is 0 Å². The Labute approximate surface area is 179 Å². The van der Waals surface area contributed by atoms with Gasteiger partial charge in [0.15, 0.2) is 0 Å². The van der Waals surface area contributed by atoms with Gasteiger partial charge >= 0.3 is 165 Å². The fraction of sp³-hybridized carbons (Fsp3) is 0. The molecule has 16 nitrogen and oxygen atoms in total. The van der Waals surface area contributed by atoms with Crippen LogP contribution < -0.4 is 64.0 Å². The molecule has 0 aliphatic heterocycles. The summed E-state index contributed by atoms with van der Waals surface area (Å²) in [7, 11) is -4.67. The molecule has 0 aromatic carbocycles. The van der Waals surface area contributed by atoms with E-state index in [0.717, 1.165) is 0 Å². The Kier molecular flexibility index (Phi) is 28.6. The summed E-state index contributed by atoms with van der Waals surface area (Å²) in [5.74, 6) is 0. The molecular weight excluding hydrogens is 547 g/mol. The van der Waals surface area contributed by atoms with Crippen LogP contribution in [0, 0.1) is 0 Å². The van der Waals surface area contributed by atoms with Crippen molar-refractivity contribution >= 4 is 10.4 Å². The van der Waals surface area contributed by atoms with Gasteiger partial charge in [0.05, 0.1) is 0 Å². The van der Waals surface area contributed by atoms with Crippen molar-refractivity contribution in [3.05, 3.63) is 0 Å². The monoisotopic (exact) mass is 549 g/mol. The van der Waals surface area contributed by atoms with Crippen LogP contribution in [0.4, 0.5) is 0 Å². The summed E-state index contributed by atoms with van der Waals surface area (Å²) in [5.41, 5.74) is 0. The summed E-state index contributed by atoms with van der Waals surface area (Å²) in [4.78, 5) is 0. The van der Waals surface area contributed by atoms with Crippen molar-refractivity contribution in [1.82, 2.24) is 0 Å². The summed E-state index contributed by atoms with van der Waals surface area (Å²) in [6.07, 6.45) is 0. The van der Waals surface area contributed by atoms with E-state index in [1.807, 2.05) is 0 Å². The second kappa shape index (κ2) is 16.1. The molecule has 0 aliphatic rings. The average molecular weight is 549 g/mol. The van der Waals surface area contributed by atoms with Crippen molar-refractivity contribution in [2.75, 3.05) is 0 Å². The van der Waals surface area contributed by atoms with Crippen molar-refractivity contribution in [3.8, 4) is 0 Å². The molecule has 22 heavy (non-hydrogen) atoms. The molecule has 0 amide bonds. The van der Waals surface area contributed by atoms with Crippen LogP contribution in [0.3, 0.4) is 0 Å². The van der Waals surface area contributed by atoms with E-state index >= 15 is 0 Å². The van der Waals surface area contributed by atoms with Gasteiger partial charge in [-0.1, -0.05) is 0 Å². The molecule has 0 saturated heterocycles. The number of rotatable bonds is 0. The third-order valence-electron chi connectivity index (χ3n) is 0. The average Bonchev–Trinajstić information content (AvgIpc) is 1.62. The number of hydrogen-bond donors (Lipinski definition) is 2. The third-order valence-corrected chi connectivity index (χ3v) is 0. The molecule has 0 aromatic rings. The third kappa shape index (κ3) is 3340. The van der Waals surface area contributed by atoms with E-state index < -0.39 is 49.3 Å². The van der Waals surface area contributed by atoms with E-state index in [1.54, 1.807) is 0 Å². The first-order valence-electron chi connectivity index (χ1n) is 2.55. The second-order valence-corrected chi connectivity index (χ2v) is 6.02. The Morgan fingerprint density at radius 1 is 0.591 bits per heavy atom. The summed E-state index contributed by atoms with van der Waals surface area (Å²) >= 11 is -16.9. The molecule has 0 aliphatic carbocycles. The topological polar surface area (TPSA) is 297 Å². The first-order chi connectivity index (χ1) is 8.00. The zero-order valence-electron chi connectivity index (χ0n) is 9.53. The van der Waals surface area contributed by atoms with Crippen LogP contribution in [-0.4, -0.2) is 17.5 Å². The quantitative estimate of drug-likeness (QED) is 0.209. The summed E-state index contributed by atoms with van der Waals surface area (Å²) in [6, 6.07) is 0. The second-order valence-electron chi connectivity index (χ2n) is 1.58. The minimum absolute atomic E-state index is 0. The maximum atomic E-state index is 8.74. The van der Waals surface area contributed by atoms with Gasteiger partial charge < -0.3 is 0 Å². The SMILES string of the molecule is O=S(=O)(O)O.[K+].[Mn+2].[O]=[Mn](=[O])(=[O])[O-].[O]=[Mn](=[O])(=[O])[O-].[O]=[Mn](=[O])(=[O])[O-]. The van der Waals surface area contributed by atoms with E-state index in [4.69, 9.17) is 64.6 Å². The van der Waals surface area contributed by atoms with Gasteiger partial charge in [-0.3, -0.25) is 9.11 Å². The summed E-state index contributed by atoms with van der Waals surface area (Å²) in [6.45, 7) is 0. The molecule has 22 heteroatoms. The van der Waals surface area contributed by atoms with E-state index in [9.17, 15) is 0 Å². The number of hydrogen-bond acceptors (Lipinski definition) is 14. The zero-order chi connectivity index (χ0) is 18.0. The molecule has 2 N–H and O–H groups in total. The van der Waals surface area contributed by atoms with Gasteiger partial charge in [-0.05, 0) is 0 Å². The van der Waals surface area contributed by atoms with E-state index in [-0.39, 0.29) is 68.5 Å². The summed E-state index contributed by atoms with van der Waals surface area (Å²) < 4.78 is 135. The van der Waals surface area contributed by atoms with Crippen LogP contribution in [0.1, 0.15) is 0 Å². The maximum absolute atomic E-state index is 8.74. The minimum atomic E-state index is -5.62. The van der Waals surface area contributed by atoms with Crippen LogP contribution in [-0.2, 0) is 101 Å². The van der Waals surface area contributed by atoms with Crippen LogP contribution in [0.25, 0.3) is 0 Å². The van der Waals surface area contributed by atoms with Crippen molar-refractivity contribution in [3.63, 3.8) is 0 Å². The van der Waals surface area contributed by atoms with Gasteiger partial charge in [-0.15, -0.1) is 0 Å². The van der Waals surface area contributed by atoms with E-state index in [1.165, 1.54) is 0 Å². The Morgan fingerprint density at radius 2 is 0.591 bits per heavy atom. The molecule has 0 aromatic heterocycles. The van der Waals surface area contributed by atoms with Crippen LogP contribution >= 0.6 is 0 Å². The Morgan fingerprint density at radius 3 is 0.591 bits per heavy atom. The fourth-order valence-corrected chi connectivity index (χ4v) is 0. The summed E-state index contributed by atoms with van der Waals surface area (Å²) in [5, 5.41) is 0. The van der Waals surface area contributed by atoms with Gasteiger partial charge in [0.2, 0.25) is 0 Å². The Bertz CT molecular complexity index is 683. The fourth-order valence-electron chi connectivity index (χ4n) is 0. The molecule has 0 heterocycles. The van der Waals surface area contributed by atoms with Crippen molar-refractivity contribution in [2.45, 2.75) is 0 Å². The molecular formula is H2KMn4O16S. The zero-order valence-corrected chi connectivity index (χ0v) is 18.2.